The molecule has 1 aromatic heterocycles. The van der Waals surface area contributed by atoms with Gasteiger partial charge < -0.3 is 11.5 Å². The first-order valence-electron chi connectivity index (χ1n) is 5.64. The van der Waals surface area contributed by atoms with Crippen LogP contribution in [0.15, 0.2) is 18.2 Å². The molecule has 2 aromatic rings. The number of benzene rings is 1. The number of anilines is 2. The molecule has 0 fully saturated rings. The average molecular weight is 460 g/mol. The number of aryl methyl sites for hydroxylation is 1. The van der Waals surface area contributed by atoms with Gasteiger partial charge in [-0.3, -0.25) is 0 Å². The van der Waals surface area contributed by atoms with Gasteiger partial charge >= 0.3 is 35.0 Å². The van der Waals surface area contributed by atoms with Crippen LogP contribution < -0.4 is 11.5 Å². The van der Waals surface area contributed by atoms with Crippen molar-refractivity contribution in [2.75, 3.05) is 11.5 Å². The van der Waals surface area contributed by atoms with Crippen molar-refractivity contribution in [2.24, 2.45) is 0 Å². The number of halogens is 4. The molecule has 118 valence electrons. The molecular formula is C12H12Cl4N4Pd. The topological polar surface area (TPSA) is 77.8 Å². The van der Waals surface area contributed by atoms with Gasteiger partial charge in [-0.15, -0.1) is 0 Å². The second-order valence-corrected chi connectivity index (χ2v) is 6.99. The Bertz CT molecular complexity index is 624. The van der Waals surface area contributed by atoms with E-state index in [1.165, 1.54) is 0 Å². The zero-order valence-corrected chi connectivity index (χ0v) is 15.4. The monoisotopic (exact) mass is 458 g/mol. The number of nitrogens with two attached hydrogens (primary N) is 2. The van der Waals surface area contributed by atoms with Gasteiger partial charge in [-0.05, 0) is 24.1 Å². The van der Waals surface area contributed by atoms with E-state index in [2.05, 4.69) is 9.97 Å². The quantitative estimate of drug-likeness (QED) is 0.645. The van der Waals surface area contributed by atoms with Crippen molar-refractivity contribution in [2.45, 2.75) is 13.3 Å². The predicted octanol–water partition coefficient (Wildman–Crippen LogP) is 4.55. The van der Waals surface area contributed by atoms with Crippen molar-refractivity contribution in [1.29, 1.82) is 0 Å². The molecule has 0 unspecified atom stereocenters. The van der Waals surface area contributed by atoms with Gasteiger partial charge in [0.05, 0.1) is 15.7 Å². The van der Waals surface area contributed by atoms with Crippen molar-refractivity contribution in [3.8, 4) is 11.1 Å². The van der Waals surface area contributed by atoms with E-state index in [1.807, 2.05) is 13.0 Å². The third kappa shape index (κ3) is 5.14. The molecule has 0 radical (unpaired) electrons. The summed E-state index contributed by atoms with van der Waals surface area (Å²) in [6.07, 6.45) is 0.701. The molecule has 0 saturated heterocycles. The van der Waals surface area contributed by atoms with Crippen LogP contribution in [0.4, 0.5) is 11.8 Å². The Morgan fingerprint density at radius 1 is 1.10 bits per heavy atom. The maximum absolute atomic E-state index is 6.00. The SMILES string of the molecule is CCc1nc(N)nc(N)c1-c1ccc(Cl)c(Cl)c1.[Cl][Pd][Cl]. The second kappa shape index (κ2) is 9.00. The molecule has 1 aromatic carbocycles. The molecule has 0 atom stereocenters. The van der Waals surface area contributed by atoms with Crippen LogP contribution in [0.2, 0.25) is 10.0 Å². The van der Waals surface area contributed by atoms with Gasteiger partial charge in [0, 0.05) is 5.56 Å². The second-order valence-electron chi connectivity index (χ2n) is 3.82. The molecule has 0 aliphatic heterocycles. The molecule has 0 spiro atoms. The molecule has 0 bridgehead atoms. The summed E-state index contributed by atoms with van der Waals surface area (Å²) in [6, 6.07) is 5.29. The number of nitrogen functional groups attached to an aromatic ring is 2. The molecule has 0 saturated carbocycles. The first-order valence-corrected chi connectivity index (χ1v) is 10.4. The zero-order valence-electron chi connectivity index (χ0n) is 10.8. The molecule has 2 rings (SSSR count). The number of hydrogen-bond acceptors (Lipinski definition) is 4. The summed E-state index contributed by atoms with van der Waals surface area (Å²) in [5.74, 6) is 0.519. The van der Waals surface area contributed by atoms with Crippen LogP contribution >= 0.6 is 42.3 Å². The van der Waals surface area contributed by atoms with Crippen LogP contribution in [0.3, 0.4) is 0 Å². The van der Waals surface area contributed by atoms with Crippen LogP contribution in [0.5, 0.6) is 0 Å². The van der Waals surface area contributed by atoms with E-state index < -0.39 is 0 Å². The molecule has 4 N–H and O–H groups in total. The number of aromatic nitrogens is 2. The summed E-state index contributed by atoms with van der Waals surface area (Å²) in [5, 5.41) is 0.959. The van der Waals surface area contributed by atoms with Gasteiger partial charge in [0.2, 0.25) is 5.95 Å². The predicted molar refractivity (Wildman–Crippen MR) is 87.4 cm³/mol. The zero-order chi connectivity index (χ0) is 16.0. The van der Waals surface area contributed by atoms with Crippen LogP contribution in [-0.4, -0.2) is 9.97 Å². The fourth-order valence-electron chi connectivity index (χ4n) is 1.77. The first-order chi connectivity index (χ1) is 9.94. The van der Waals surface area contributed by atoms with Gasteiger partial charge in [-0.25, -0.2) is 4.98 Å². The summed E-state index contributed by atoms with van der Waals surface area (Å²) in [5.41, 5.74) is 13.9. The summed E-state index contributed by atoms with van der Waals surface area (Å²) in [4.78, 5) is 8.17. The van der Waals surface area contributed by atoms with Crippen molar-refractivity contribution in [3.63, 3.8) is 0 Å². The third-order valence-electron chi connectivity index (χ3n) is 2.57. The fourth-order valence-corrected chi connectivity index (χ4v) is 2.07. The van der Waals surface area contributed by atoms with E-state index in [9.17, 15) is 0 Å². The molecule has 1 heterocycles. The summed E-state index contributed by atoms with van der Waals surface area (Å²) in [6.45, 7) is 1.97. The Kier molecular flexibility index (Phi) is 8.04. The fraction of sp³-hybridized carbons (Fsp3) is 0.167. The Morgan fingerprint density at radius 3 is 2.24 bits per heavy atom. The summed E-state index contributed by atoms with van der Waals surface area (Å²) >= 11 is 11.8. The molecule has 9 heteroatoms. The van der Waals surface area contributed by atoms with E-state index in [0.29, 0.717) is 22.3 Å². The minimum atomic E-state index is -0.106. The summed E-state index contributed by atoms with van der Waals surface area (Å²) < 4.78 is 0. The molecular weight excluding hydrogens is 448 g/mol. The van der Waals surface area contributed by atoms with Crippen LogP contribution in [-0.2, 0) is 22.4 Å². The number of hydrogen-bond donors (Lipinski definition) is 2. The Morgan fingerprint density at radius 2 is 1.71 bits per heavy atom. The minimum absolute atomic E-state index is 0.106. The van der Waals surface area contributed by atoms with Gasteiger partial charge in [0.1, 0.15) is 5.82 Å². The molecule has 4 nitrogen and oxygen atoms in total. The normalized spacial score (nSPS) is 10.1. The van der Waals surface area contributed by atoms with Gasteiger partial charge in [0.25, 0.3) is 0 Å². The third-order valence-corrected chi connectivity index (χ3v) is 3.31. The van der Waals surface area contributed by atoms with E-state index >= 15 is 0 Å². The van der Waals surface area contributed by atoms with E-state index in [-0.39, 0.29) is 21.9 Å². The molecule has 0 aliphatic rings. The maximum atomic E-state index is 6.00. The van der Waals surface area contributed by atoms with Crippen molar-refractivity contribution in [1.82, 2.24) is 9.97 Å². The van der Waals surface area contributed by atoms with Crippen molar-refractivity contribution >= 4 is 54.0 Å². The van der Waals surface area contributed by atoms with Gasteiger partial charge in [0.15, 0.2) is 0 Å². The van der Waals surface area contributed by atoms with Crippen LogP contribution in [0.1, 0.15) is 12.6 Å². The number of rotatable bonds is 2. The van der Waals surface area contributed by atoms with Crippen molar-refractivity contribution in [3.05, 3.63) is 33.9 Å². The van der Waals surface area contributed by atoms with Crippen molar-refractivity contribution < 1.29 is 15.9 Å². The Labute approximate surface area is 149 Å². The summed E-state index contributed by atoms with van der Waals surface area (Å²) in [7, 11) is 9.63. The Hall–Kier alpha value is -0.278. The van der Waals surface area contributed by atoms with E-state index in [1.54, 1.807) is 12.1 Å². The first kappa shape index (κ1) is 18.8. The van der Waals surface area contributed by atoms with E-state index in [4.69, 9.17) is 53.7 Å². The van der Waals surface area contributed by atoms with E-state index in [0.717, 1.165) is 16.8 Å². The molecule has 0 aliphatic carbocycles. The average Bonchev–Trinajstić information content (AvgIpc) is 2.42. The molecule has 21 heavy (non-hydrogen) atoms. The molecule has 0 amide bonds. The Balaban J connectivity index is 0.000000677. The van der Waals surface area contributed by atoms with Crippen LogP contribution in [0.25, 0.3) is 11.1 Å². The standard InChI is InChI=1S/C12H12Cl2N4.2ClH.Pd/c1-2-9-10(11(15)18-12(16)17-9)6-3-4-7(13)8(14)5-6;;;/h3-5H,2H2,1H3,(H4,15,16,17,18);2*1H;/q;;;+2/p-2. The van der Waals surface area contributed by atoms with Crippen LogP contribution in [0, 0.1) is 0 Å². The van der Waals surface area contributed by atoms with Gasteiger partial charge in [-0.2, -0.15) is 4.98 Å². The van der Waals surface area contributed by atoms with Gasteiger partial charge in [-0.1, -0.05) is 36.2 Å². The number of nitrogens with zero attached hydrogens (tertiary/aromatic N) is 2.